The summed E-state index contributed by atoms with van der Waals surface area (Å²) in [6.45, 7) is 6.79. The Labute approximate surface area is 113 Å². The number of aryl methyl sites for hydroxylation is 2. The van der Waals surface area contributed by atoms with E-state index in [9.17, 15) is 0 Å². The molecule has 0 spiro atoms. The molecule has 1 N–H and O–H groups in total. The topological polar surface area (TPSA) is 12.0 Å². The standard InChI is InChI=1S/C17H29N/c1-3-14-18-15-8-6-5-7-9-17-12-10-16(4-2)11-13-17/h10-13,18H,3-9,14-15H2,1-2H3. The normalized spacial score (nSPS) is 10.8. The van der Waals surface area contributed by atoms with Crippen molar-refractivity contribution in [2.24, 2.45) is 0 Å². The van der Waals surface area contributed by atoms with Crippen LogP contribution >= 0.6 is 0 Å². The summed E-state index contributed by atoms with van der Waals surface area (Å²) in [7, 11) is 0. The van der Waals surface area contributed by atoms with Crippen LogP contribution in [-0.2, 0) is 12.8 Å². The van der Waals surface area contributed by atoms with E-state index in [1.165, 1.54) is 62.7 Å². The highest BCUT2D eigenvalue weighted by Crippen LogP contribution is 2.10. The molecule has 0 bridgehead atoms. The molecule has 0 fully saturated rings. The molecular weight excluding hydrogens is 218 g/mol. The second kappa shape index (κ2) is 10.1. The highest BCUT2D eigenvalue weighted by atomic mass is 14.8. The van der Waals surface area contributed by atoms with Gasteiger partial charge in [0.15, 0.2) is 0 Å². The van der Waals surface area contributed by atoms with Crippen LogP contribution in [0, 0.1) is 0 Å². The maximum absolute atomic E-state index is 3.46. The Bertz CT molecular complexity index is 289. The van der Waals surface area contributed by atoms with Crippen molar-refractivity contribution in [3.8, 4) is 0 Å². The third-order valence-electron chi connectivity index (χ3n) is 3.43. The van der Waals surface area contributed by atoms with Gasteiger partial charge in [-0.1, -0.05) is 51.0 Å². The molecule has 18 heavy (non-hydrogen) atoms. The van der Waals surface area contributed by atoms with Gasteiger partial charge in [0.05, 0.1) is 0 Å². The van der Waals surface area contributed by atoms with Crippen molar-refractivity contribution >= 4 is 0 Å². The second-order valence-corrected chi connectivity index (χ2v) is 5.08. The second-order valence-electron chi connectivity index (χ2n) is 5.08. The average molecular weight is 247 g/mol. The van der Waals surface area contributed by atoms with E-state index < -0.39 is 0 Å². The van der Waals surface area contributed by atoms with Gasteiger partial charge in [0.2, 0.25) is 0 Å². The molecule has 0 radical (unpaired) electrons. The van der Waals surface area contributed by atoms with Crippen molar-refractivity contribution in [1.82, 2.24) is 5.32 Å². The van der Waals surface area contributed by atoms with Crippen LogP contribution in [0.1, 0.15) is 57.1 Å². The number of hydrogen-bond donors (Lipinski definition) is 1. The van der Waals surface area contributed by atoms with E-state index >= 15 is 0 Å². The summed E-state index contributed by atoms with van der Waals surface area (Å²) in [4.78, 5) is 0. The SMILES string of the molecule is CCCNCCCCCCc1ccc(CC)cc1. The van der Waals surface area contributed by atoms with Crippen molar-refractivity contribution in [3.05, 3.63) is 35.4 Å². The number of nitrogens with one attached hydrogen (secondary N) is 1. The van der Waals surface area contributed by atoms with Crippen LogP contribution in [0.3, 0.4) is 0 Å². The molecule has 0 atom stereocenters. The summed E-state index contributed by atoms with van der Waals surface area (Å²) in [5.74, 6) is 0. The maximum atomic E-state index is 3.46. The fraction of sp³-hybridized carbons (Fsp3) is 0.647. The number of benzene rings is 1. The molecule has 1 heteroatoms. The molecule has 1 rings (SSSR count). The Morgan fingerprint density at radius 1 is 0.778 bits per heavy atom. The van der Waals surface area contributed by atoms with Crippen LogP contribution in [0.15, 0.2) is 24.3 Å². The van der Waals surface area contributed by atoms with Gasteiger partial charge in [-0.3, -0.25) is 0 Å². The molecule has 102 valence electrons. The van der Waals surface area contributed by atoms with E-state index in [-0.39, 0.29) is 0 Å². The predicted octanol–water partition coefficient (Wildman–Crippen LogP) is 4.35. The van der Waals surface area contributed by atoms with Gasteiger partial charge in [-0.05, 0) is 56.3 Å². The van der Waals surface area contributed by atoms with Crippen LogP contribution < -0.4 is 5.32 Å². The van der Waals surface area contributed by atoms with Gasteiger partial charge < -0.3 is 5.32 Å². The van der Waals surface area contributed by atoms with E-state index in [4.69, 9.17) is 0 Å². The maximum Gasteiger partial charge on any atom is -0.00489 e. The quantitative estimate of drug-likeness (QED) is 0.606. The molecule has 0 aliphatic carbocycles. The lowest BCUT2D eigenvalue weighted by Crippen LogP contribution is -2.15. The minimum atomic E-state index is 1.14. The van der Waals surface area contributed by atoms with Crippen LogP contribution in [0.25, 0.3) is 0 Å². The summed E-state index contributed by atoms with van der Waals surface area (Å²) < 4.78 is 0. The summed E-state index contributed by atoms with van der Waals surface area (Å²) in [6, 6.07) is 9.12. The van der Waals surface area contributed by atoms with Crippen LogP contribution in [-0.4, -0.2) is 13.1 Å². The predicted molar refractivity (Wildman–Crippen MR) is 81.2 cm³/mol. The first kappa shape index (κ1) is 15.2. The van der Waals surface area contributed by atoms with E-state index in [0.29, 0.717) is 0 Å². The Morgan fingerprint density at radius 2 is 1.44 bits per heavy atom. The fourth-order valence-corrected chi connectivity index (χ4v) is 2.18. The average Bonchev–Trinajstić information content (AvgIpc) is 2.42. The summed E-state index contributed by atoms with van der Waals surface area (Å²) in [5, 5.41) is 3.46. The molecule has 0 aliphatic heterocycles. The van der Waals surface area contributed by atoms with Crippen molar-refractivity contribution in [1.29, 1.82) is 0 Å². The lowest BCUT2D eigenvalue weighted by molar-refractivity contribution is 0.585. The minimum Gasteiger partial charge on any atom is -0.317 e. The first-order valence-electron chi connectivity index (χ1n) is 7.65. The summed E-state index contributed by atoms with van der Waals surface area (Å²) in [6.07, 6.45) is 9.02. The van der Waals surface area contributed by atoms with Gasteiger partial charge in [0.1, 0.15) is 0 Å². The molecule has 0 heterocycles. The summed E-state index contributed by atoms with van der Waals surface area (Å²) >= 11 is 0. The Hall–Kier alpha value is -0.820. The Morgan fingerprint density at radius 3 is 2.11 bits per heavy atom. The third-order valence-corrected chi connectivity index (χ3v) is 3.43. The molecule has 0 saturated carbocycles. The molecule has 1 aromatic carbocycles. The van der Waals surface area contributed by atoms with E-state index in [0.717, 1.165) is 6.42 Å². The van der Waals surface area contributed by atoms with Crippen molar-refractivity contribution < 1.29 is 0 Å². The highest BCUT2D eigenvalue weighted by Gasteiger charge is 1.95. The molecule has 0 aromatic heterocycles. The van der Waals surface area contributed by atoms with E-state index in [1.807, 2.05) is 0 Å². The van der Waals surface area contributed by atoms with Gasteiger partial charge >= 0.3 is 0 Å². The zero-order valence-corrected chi connectivity index (χ0v) is 12.2. The minimum absolute atomic E-state index is 1.14. The van der Waals surface area contributed by atoms with E-state index in [2.05, 4.69) is 43.4 Å². The van der Waals surface area contributed by atoms with Gasteiger partial charge in [0, 0.05) is 0 Å². The van der Waals surface area contributed by atoms with Gasteiger partial charge in [-0.15, -0.1) is 0 Å². The van der Waals surface area contributed by atoms with Gasteiger partial charge in [0.25, 0.3) is 0 Å². The number of unbranched alkanes of at least 4 members (excludes halogenated alkanes) is 3. The van der Waals surface area contributed by atoms with Crippen molar-refractivity contribution in [2.75, 3.05) is 13.1 Å². The van der Waals surface area contributed by atoms with Crippen LogP contribution in [0.5, 0.6) is 0 Å². The largest absolute Gasteiger partial charge is 0.317 e. The molecule has 1 aromatic rings. The van der Waals surface area contributed by atoms with Crippen molar-refractivity contribution in [2.45, 2.75) is 58.8 Å². The molecule has 1 nitrogen and oxygen atoms in total. The van der Waals surface area contributed by atoms with Gasteiger partial charge in [-0.25, -0.2) is 0 Å². The first-order chi connectivity index (χ1) is 8.86. The van der Waals surface area contributed by atoms with Gasteiger partial charge in [-0.2, -0.15) is 0 Å². The monoisotopic (exact) mass is 247 g/mol. The Kier molecular flexibility index (Phi) is 8.58. The highest BCUT2D eigenvalue weighted by molar-refractivity contribution is 5.22. The van der Waals surface area contributed by atoms with Crippen LogP contribution in [0.2, 0.25) is 0 Å². The smallest absolute Gasteiger partial charge is 0.00489 e. The zero-order valence-electron chi connectivity index (χ0n) is 12.2. The Balaban J connectivity index is 2.00. The molecule has 0 unspecified atom stereocenters. The zero-order chi connectivity index (χ0) is 13.1. The molecule has 0 saturated heterocycles. The number of rotatable bonds is 10. The molecular formula is C17H29N. The lowest BCUT2D eigenvalue weighted by atomic mass is 10.0. The fourth-order valence-electron chi connectivity index (χ4n) is 2.18. The van der Waals surface area contributed by atoms with Crippen molar-refractivity contribution in [3.63, 3.8) is 0 Å². The third kappa shape index (κ3) is 6.80. The molecule has 0 aliphatic rings. The molecule has 0 amide bonds. The first-order valence-corrected chi connectivity index (χ1v) is 7.65. The van der Waals surface area contributed by atoms with Crippen LogP contribution in [0.4, 0.5) is 0 Å². The summed E-state index contributed by atoms with van der Waals surface area (Å²) in [5.41, 5.74) is 2.94. The number of hydrogen-bond acceptors (Lipinski definition) is 1. The van der Waals surface area contributed by atoms with E-state index in [1.54, 1.807) is 0 Å². The lowest BCUT2D eigenvalue weighted by Gasteiger charge is -2.04.